The molecule has 0 spiro atoms. The highest BCUT2D eigenvalue weighted by Gasteiger charge is 2.27. The third kappa shape index (κ3) is 34.4. The second-order valence-corrected chi connectivity index (χ2v) is 15.4. The molecule has 0 aromatic heterocycles. The Morgan fingerprint density at radius 1 is 0.638 bits per heavy atom. The molecule has 0 aliphatic heterocycles. The number of esters is 2. The number of hydrogen-bond acceptors (Lipinski definition) is 7. The van der Waals surface area contributed by atoms with Crippen molar-refractivity contribution in [3.8, 4) is 0 Å². The number of carbonyl (C=O) groups is 2. The van der Waals surface area contributed by atoms with E-state index in [1.54, 1.807) is 0 Å². The molecule has 0 saturated heterocycles. The number of carbonyl (C=O) groups excluding carboxylic acids is 2. The second-order valence-electron chi connectivity index (χ2n) is 14.0. The summed E-state index contributed by atoms with van der Waals surface area (Å²) in [6, 6.07) is 0. The largest absolute Gasteiger partial charge is 0.472 e. The van der Waals surface area contributed by atoms with Crippen LogP contribution in [0.15, 0.2) is 12.2 Å². The Kier molecular flexibility index (Phi) is 30.0. The molecule has 0 aromatic carbocycles. The molecule has 0 heterocycles. The number of hydrogen-bond donors (Lipinski definition) is 1. The normalized spacial score (nSPS) is 13.9. The number of nitrogens with zero attached hydrogens (tertiary/aromatic N) is 1. The highest BCUT2D eigenvalue weighted by Crippen LogP contribution is 2.43. The van der Waals surface area contributed by atoms with Crippen LogP contribution >= 0.6 is 7.82 Å². The molecule has 0 amide bonds. The maximum absolute atomic E-state index is 12.6. The van der Waals surface area contributed by atoms with Crippen molar-refractivity contribution in [2.75, 3.05) is 47.5 Å². The van der Waals surface area contributed by atoms with E-state index in [2.05, 4.69) is 26.0 Å². The van der Waals surface area contributed by atoms with Crippen molar-refractivity contribution in [3.63, 3.8) is 0 Å². The summed E-state index contributed by atoms with van der Waals surface area (Å²) < 4.78 is 34.1. The summed E-state index contributed by atoms with van der Waals surface area (Å²) >= 11 is 0. The molecule has 0 radical (unpaired) electrons. The first-order valence-corrected chi connectivity index (χ1v) is 20.4. The molecular weight excluding hydrogens is 617 g/mol. The molecule has 2 atom stereocenters. The Morgan fingerprint density at radius 3 is 1.60 bits per heavy atom. The molecule has 9 nitrogen and oxygen atoms in total. The van der Waals surface area contributed by atoms with Crippen LogP contribution in [0, 0.1) is 0 Å². The number of rotatable bonds is 34. The summed E-state index contributed by atoms with van der Waals surface area (Å²) in [7, 11) is 1.48. The number of phosphoric ester groups is 1. The molecule has 0 fully saturated rings. The quantitative estimate of drug-likeness (QED) is 0.0234. The van der Waals surface area contributed by atoms with Gasteiger partial charge >= 0.3 is 19.8 Å². The zero-order valence-corrected chi connectivity index (χ0v) is 31.9. The summed E-state index contributed by atoms with van der Waals surface area (Å²) in [6.45, 7) is 4.37. The molecule has 0 rings (SSSR count). The van der Waals surface area contributed by atoms with E-state index in [0.717, 1.165) is 51.4 Å². The Morgan fingerprint density at radius 2 is 1.09 bits per heavy atom. The minimum absolute atomic E-state index is 0.0330. The maximum atomic E-state index is 12.6. The Bertz CT molecular complexity index is 830. The van der Waals surface area contributed by atoms with E-state index < -0.39 is 26.5 Å². The van der Waals surface area contributed by atoms with Crippen LogP contribution in [0.3, 0.4) is 0 Å². The van der Waals surface area contributed by atoms with Crippen molar-refractivity contribution in [2.45, 2.75) is 168 Å². The van der Waals surface area contributed by atoms with Crippen LogP contribution in [0.2, 0.25) is 0 Å². The van der Waals surface area contributed by atoms with Gasteiger partial charge < -0.3 is 18.9 Å². The van der Waals surface area contributed by atoms with E-state index >= 15 is 0 Å². The molecule has 1 N–H and O–H groups in total. The lowest BCUT2D eigenvalue weighted by Crippen LogP contribution is -2.37. The van der Waals surface area contributed by atoms with Crippen molar-refractivity contribution in [2.24, 2.45) is 0 Å². The summed E-state index contributed by atoms with van der Waals surface area (Å²) in [4.78, 5) is 35.1. The fourth-order valence-corrected chi connectivity index (χ4v) is 5.75. The number of likely N-dealkylation sites (N-methyl/N-ethyl adjacent to an activating group) is 1. The van der Waals surface area contributed by atoms with Gasteiger partial charge in [0.05, 0.1) is 27.7 Å². The second kappa shape index (κ2) is 30.8. The van der Waals surface area contributed by atoms with Crippen LogP contribution in [0.4, 0.5) is 0 Å². The molecule has 0 aromatic rings. The molecule has 0 saturated carbocycles. The standard InChI is InChI=1S/C37H72NO8P/c1-6-8-10-12-14-16-18-19-20-22-23-25-27-29-36(39)43-33-35(34-45-47(41,42)44-32-31-38(3,4)5)46-37(40)30-28-26-24-21-17-15-13-11-9-7-2/h16,18,35H,6-15,17,19-34H2,1-5H3/p+1/b18-16+/t35-/m1/s1. The molecule has 1 unspecified atom stereocenters. The third-order valence-electron chi connectivity index (χ3n) is 8.05. The highest BCUT2D eigenvalue weighted by atomic mass is 31.2. The van der Waals surface area contributed by atoms with E-state index in [4.69, 9.17) is 18.5 Å². The zero-order chi connectivity index (χ0) is 35.1. The number of quaternary nitrogens is 1. The Hall–Kier alpha value is -1.25. The number of allylic oxidation sites excluding steroid dienone is 2. The smallest absolute Gasteiger partial charge is 0.462 e. The molecule has 0 aliphatic carbocycles. The highest BCUT2D eigenvalue weighted by molar-refractivity contribution is 7.47. The maximum Gasteiger partial charge on any atom is 0.472 e. The molecule has 0 bridgehead atoms. The van der Waals surface area contributed by atoms with Gasteiger partial charge in [-0.05, 0) is 38.5 Å². The van der Waals surface area contributed by atoms with Gasteiger partial charge in [-0.25, -0.2) is 4.57 Å². The van der Waals surface area contributed by atoms with Gasteiger partial charge in [-0.2, -0.15) is 0 Å². The van der Waals surface area contributed by atoms with E-state index in [1.165, 1.54) is 77.0 Å². The van der Waals surface area contributed by atoms with Crippen molar-refractivity contribution in [1.82, 2.24) is 0 Å². The van der Waals surface area contributed by atoms with E-state index in [9.17, 15) is 19.0 Å². The number of phosphoric acid groups is 1. The fourth-order valence-electron chi connectivity index (χ4n) is 5.01. The molecule has 0 aliphatic rings. The van der Waals surface area contributed by atoms with Crippen molar-refractivity contribution in [3.05, 3.63) is 12.2 Å². The lowest BCUT2D eigenvalue weighted by Gasteiger charge is -2.24. The monoisotopic (exact) mass is 691 g/mol. The Labute approximate surface area is 288 Å². The van der Waals surface area contributed by atoms with Gasteiger partial charge in [-0.1, -0.05) is 122 Å². The molecule has 278 valence electrons. The fraction of sp³-hybridized carbons (Fsp3) is 0.892. The van der Waals surface area contributed by atoms with Gasteiger partial charge in [0.2, 0.25) is 0 Å². The van der Waals surface area contributed by atoms with E-state index in [1.807, 2.05) is 21.1 Å². The van der Waals surface area contributed by atoms with Gasteiger partial charge in [0.1, 0.15) is 19.8 Å². The lowest BCUT2D eigenvalue weighted by molar-refractivity contribution is -0.870. The van der Waals surface area contributed by atoms with Crippen LogP contribution in [0.1, 0.15) is 162 Å². The summed E-state index contributed by atoms with van der Waals surface area (Å²) in [5.41, 5.74) is 0. The number of ether oxygens (including phenoxy) is 2. The van der Waals surface area contributed by atoms with Gasteiger partial charge in [-0.15, -0.1) is 0 Å². The predicted octanol–water partition coefficient (Wildman–Crippen LogP) is 9.85. The van der Waals surface area contributed by atoms with Crippen LogP contribution in [-0.4, -0.2) is 74.9 Å². The minimum atomic E-state index is -4.36. The van der Waals surface area contributed by atoms with Crippen molar-refractivity contribution >= 4 is 19.8 Å². The minimum Gasteiger partial charge on any atom is -0.462 e. The van der Waals surface area contributed by atoms with Gasteiger partial charge in [0.15, 0.2) is 6.10 Å². The third-order valence-corrected chi connectivity index (χ3v) is 9.03. The first-order chi connectivity index (χ1) is 22.5. The Balaban J connectivity index is 4.44. The van der Waals surface area contributed by atoms with E-state index in [0.29, 0.717) is 17.4 Å². The summed E-state index contributed by atoms with van der Waals surface area (Å²) in [6.07, 6.45) is 28.3. The van der Waals surface area contributed by atoms with Crippen LogP contribution in [0.25, 0.3) is 0 Å². The lowest BCUT2D eigenvalue weighted by atomic mass is 10.1. The first kappa shape index (κ1) is 45.8. The van der Waals surface area contributed by atoms with Crippen molar-refractivity contribution < 1.29 is 42.1 Å². The van der Waals surface area contributed by atoms with Crippen LogP contribution in [-0.2, 0) is 32.7 Å². The van der Waals surface area contributed by atoms with Gasteiger partial charge in [0.25, 0.3) is 0 Å². The molecule has 10 heteroatoms. The first-order valence-electron chi connectivity index (χ1n) is 18.9. The summed E-state index contributed by atoms with van der Waals surface area (Å²) in [5, 5.41) is 0. The predicted molar refractivity (Wildman–Crippen MR) is 192 cm³/mol. The molecule has 47 heavy (non-hydrogen) atoms. The van der Waals surface area contributed by atoms with Crippen LogP contribution in [0.5, 0.6) is 0 Å². The zero-order valence-electron chi connectivity index (χ0n) is 31.0. The average molecular weight is 691 g/mol. The van der Waals surface area contributed by atoms with Gasteiger partial charge in [0, 0.05) is 12.8 Å². The van der Waals surface area contributed by atoms with Crippen molar-refractivity contribution in [1.29, 1.82) is 0 Å². The summed E-state index contributed by atoms with van der Waals surface area (Å²) in [5.74, 6) is -0.808. The number of unbranched alkanes of at least 4 members (excludes halogenated alkanes) is 18. The molecular formula is C37H73NO8P+. The van der Waals surface area contributed by atoms with Gasteiger partial charge in [-0.3, -0.25) is 18.6 Å². The SMILES string of the molecule is CCCCCC/C=C/CCCCCCCC(=O)OC[C@H](COP(=O)(O)OCC[N+](C)(C)C)OC(=O)CCCCCCCCCCCC. The topological polar surface area (TPSA) is 108 Å². The van der Waals surface area contributed by atoms with E-state index in [-0.39, 0.29) is 32.0 Å². The average Bonchev–Trinajstić information content (AvgIpc) is 3.01. The van der Waals surface area contributed by atoms with Crippen LogP contribution < -0.4 is 0 Å².